The van der Waals surface area contributed by atoms with Crippen LogP contribution in [0.5, 0.6) is 0 Å². The first-order valence-electron chi connectivity index (χ1n) is 6.17. The van der Waals surface area contributed by atoms with Gasteiger partial charge in [0.15, 0.2) is 0 Å². The fraction of sp³-hybridized carbons (Fsp3) is 0.462. The number of hydrogen-bond acceptors (Lipinski definition) is 3. The molecule has 0 bridgehead atoms. The molecule has 5 nitrogen and oxygen atoms in total. The highest BCUT2D eigenvalue weighted by Gasteiger charge is 2.41. The van der Waals surface area contributed by atoms with E-state index in [2.05, 4.69) is 10.3 Å². The van der Waals surface area contributed by atoms with Crippen LogP contribution in [0.25, 0.3) is 0 Å². The van der Waals surface area contributed by atoms with E-state index in [1.807, 2.05) is 0 Å². The average Bonchev–Trinajstić information content (AvgIpc) is 2.86. The van der Waals surface area contributed by atoms with Gasteiger partial charge in [0.05, 0.1) is 5.41 Å². The smallest absolute Gasteiger partial charge is 0.311 e. The third-order valence-corrected chi connectivity index (χ3v) is 3.59. The summed E-state index contributed by atoms with van der Waals surface area (Å²) in [5.41, 5.74) is -0.729. The Kier molecular flexibility index (Phi) is 3.78. The second kappa shape index (κ2) is 5.34. The summed E-state index contributed by atoms with van der Waals surface area (Å²) < 4.78 is 12.9. The molecule has 1 aromatic rings. The van der Waals surface area contributed by atoms with Crippen molar-refractivity contribution < 1.29 is 19.1 Å². The van der Waals surface area contributed by atoms with Crippen LogP contribution in [0.3, 0.4) is 0 Å². The zero-order valence-electron chi connectivity index (χ0n) is 10.4. The molecule has 2 N–H and O–H groups in total. The Morgan fingerprint density at radius 1 is 1.42 bits per heavy atom. The predicted molar refractivity (Wildman–Crippen MR) is 65.1 cm³/mol. The molecule has 1 aliphatic rings. The van der Waals surface area contributed by atoms with Gasteiger partial charge in [0.2, 0.25) is 5.95 Å². The molecule has 19 heavy (non-hydrogen) atoms. The predicted octanol–water partition coefficient (Wildman–Crippen LogP) is 1.60. The monoisotopic (exact) mass is 266 g/mol. The number of hydrogen-bond donors (Lipinski definition) is 2. The molecule has 1 heterocycles. The molecule has 0 unspecified atom stereocenters. The number of carbonyl (C=O) groups is 2. The fourth-order valence-corrected chi connectivity index (χ4v) is 2.41. The second-order valence-corrected chi connectivity index (χ2v) is 4.84. The van der Waals surface area contributed by atoms with Gasteiger partial charge in [0.1, 0.15) is 0 Å². The van der Waals surface area contributed by atoms with Gasteiger partial charge in [0, 0.05) is 24.4 Å². The van der Waals surface area contributed by atoms with Gasteiger partial charge in [-0.1, -0.05) is 12.8 Å². The summed E-state index contributed by atoms with van der Waals surface area (Å²) in [6.07, 6.45) is 4.03. The van der Waals surface area contributed by atoms with Crippen LogP contribution in [0.4, 0.5) is 4.39 Å². The molecular formula is C13H15FN2O3. The lowest BCUT2D eigenvalue weighted by molar-refractivity contribution is -0.148. The van der Waals surface area contributed by atoms with Crippen molar-refractivity contribution in [2.75, 3.05) is 6.54 Å². The van der Waals surface area contributed by atoms with Crippen molar-refractivity contribution in [1.29, 1.82) is 0 Å². The van der Waals surface area contributed by atoms with Crippen molar-refractivity contribution >= 4 is 11.9 Å². The van der Waals surface area contributed by atoms with E-state index in [4.69, 9.17) is 0 Å². The Balaban J connectivity index is 2.02. The van der Waals surface area contributed by atoms with Gasteiger partial charge >= 0.3 is 5.97 Å². The summed E-state index contributed by atoms with van der Waals surface area (Å²) in [7, 11) is 0. The number of nitrogens with zero attached hydrogens (tertiary/aromatic N) is 1. The summed E-state index contributed by atoms with van der Waals surface area (Å²) in [6.45, 7) is 0.0745. The van der Waals surface area contributed by atoms with E-state index in [1.165, 1.54) is 12.3 Å². The van der Waals surface area contributed by atoms with E-state index in [9.17, 15) is 19.1 Å². The van der Waals surface area contributed by atoms with Crippen LogP contribution < -0.4 is 5.32 Å². The van der Waals surface area contributed by atoms with Crippen molar-refractivity contribution in [1.82, 2.24) is 10.3 Å². The summed E-state index contributed by atoms with van der Waals surface area (Å²) in [4.78, 5) is 26.5. The fourth-order valence-electron chi connectivity index (χ4n) is 2.41. The minimum absolute atomic E-state index is 0.0745. The van der Waals surface area contributed by atoms with E-state index in [0.29, 0.717) is 12.8 Å². The second-order valence-electron chi connectivity index (χ2n) is 4.84. The Morgan fingerprint density at radius 2 is 2.11 bits per heavy atom. The Morgan fingerprint density at radius 3 is 2.68 bits per heavy atom. The summed E-state index contributed by atoms with van der Waals surface area (Å²) in [5, 5.41) is 11.8. The molecule has 0 saturated heterocycles. The highest BCUT2D eigenvalue weighted by molar-refractivity contribution is 5.94. The maximum atomic E-state index is 12.9. The van der Waals surface area contributed by atoms with Gasteiger partial charge in [0.25, 0.3) is 5.91 Å². The minimum atomic E-state index is -0.883. The Bertz CT molecular complexity index is 498. The Hall–Kier alpha value is -1.98. The molecule has 0 aromatic carbocycles. The molecule has 0 atom stereocenters. The number of aliphatic carboxylic acids is 1. The first kappa shape index (κ1) is 13.5. The Labute approximate surface area is 109 Å². The van der Waals surface area contributed by atoms with Gasteiger partial charge < -0.3 is 10.4 Å². The highest BCUT2D eigenvalue weighted by Crippen LogP contribution is 2.37. The number of pyridine rings is 1. The molecule has 102 valence electrons. The zero-order valence-corrected chi connectivity index (χ0v) is 10.4. The number of halogens is 1. The summed E-state index contributed by atoms with van der Waals surface area (Å²) in [6, 6.07) is 2.41. The van der Waals surface area contributed by atoms with Gasteiger partial charge in [-0.15, -0.1) is 0 Å². The van der Waals surface area contributed by atoms with E-state index in [-0.39, 0.29) is 12.1 Å². The summed E-state index contributed by atoms with van der Waals surface area (Å²) in [5.74, 6) is -2.10. The van der Waals surface area contributed by atoms with Crippen LogP contribution in [0.15, 0.2) is 18.3 Å². The molecule has 2 rings (SSSR count). The van der Waals surface area contributed by atoms with Crippen molar-refractivity contribution in [2.24, 2.45) is 5.41 Å². The third-order valence-electron chi connectivity index (χ3n) is 3.59. The maximum Gasteiger partial charge on any atom is 0.311 e. The number of rotatable bonds is 4. The number of carbonyl (C=O) groups excluding carboxylic acids is 1. The van der Waals surface area contributed by atoms with Crippen molar-refractivity contribution in [3.8, 4) is 0 Å². The molecule has 1 amide bonds. The van der Waals surface area contributed by atoms with Crippen molar-refractivity contribution in [3.63, 3.8) is 0 Å². The number of carboxylic acid groups (broad SMARTS) is 1. The molecular weight excluding hydrogens is 251 g/mol. The zero-order chi connectivity index (χ0) is 13.9. The quantitative estimate of drug-likeness (QED) is 0.811. The molecule has 0 radical (unpaired) electrons. The normalized spacial score (nSPS) is 17.1. The molecule has 1 fully saturated rings. The molecule has 0 aliphatic heterocycles. The van der Waals surface area contributed by atoms with Crippen LogP contribution in [-0.4, -0.2) is 28.5 Å². The van der Waals surface area contributed by atoms with Crippen LogP contribution in [-0.2, 0) is 4.79 Å². The minimum Gasteiger partial charge on any atom is -0.481 e. The van der Waals surface area contributed by atoms with Crippen LogP contribution >= 0.6 is 0 Å². The van der Waals surface area contributed by atoms with Crippen molar-refractivity contribution in [3.05, 3.63) is 29.8 Å². The topological polar surface area (TPSA) is 79.3 Å². The lowest BCUT2D eigenvalue weighted by Gasteiger charge is -2.23. The number of aromatic nitrogens is 1. The van der Waals surface area contributed by atoms with Crippen LogP contribution in [0.1, 0.15) is 36.0 Å². The van der Waals surface area contributed by atoms with Crippen LogP contribution in [0.2, 0.25) is 0 Å². The van der Waals surface area contributed by atoms with Gasteiger partial charge in [-0.2, -0.15) is 4.39 Å². The molecule has 1 saturated carbocycles. The van der Waals surface area contributed by atoms with Gasteiger partial charge in [-0.05, 0) is 18.9 Å². The highest BCUT2D eigenvalue weighted by atomic mass is 19.1. The van der Waals surface area contributed by atoms with Gasteiger partial charge in [-0.25, -0.2) is 4.98 Å². The van der Waals surface area contributed by atoms with Gasteiger partial charge in [-0.3, -0.25) is 9.59 Å². The van der Waals surface area contributed by atoms with E-state index < -0.39 is 23.2 Å². The molecule has 0 spiro atoms. The third kappa shape index (κ3) is 2.89. The van der Waals surface area contributed by atoms with E-state index in [0.717, 1.165) is 18.9 Å². The molecule has 1 aromatic heterocycles. The number of nitrogens with one attached hydrogen (secondary N) is 1. The molecule has 1 aliphatic carbocycles. The largest absolute Gasteiger partial charge is 0.481 e. The SMILES string of the molecule is O=C(NCC1(C(=O)O)CCCC1)c1ccnc(F)c1. The molecule has 6 heteroatoms. The van der Waals surface area contributed by atoms with E-state index in [1.54, 1.807) is 0 Å². The lowest BCUT2D eigenvalue weighted by Crippen LogP contribution is -2.41. The van der Waals surface area contributed by atoms with Crippen molar-refractivity contribution in [2.45, 2.75) is 25.7 Å². The lowest BCUT2D eigenvalue weighted by atomic mass is 9.86. The first-order chi connectivity index (χ1) is 9.03. The number of amides is 1. The average molecular weight is 266 g/mol. The maximum absolute atomic E-state index is 12.9. The summed E-state index contributed by atoms with van der Waals surface area (Å²) >= 11 is 0. The first-order valence-corrected chi connectivity index (χ1v) is 6.17. The standard InChI is InChI=1S/C13H15FN2O3/c14-10-7-9(3-6-15-10)11(17)16-8-13(12(18)19)4-1-2-5-13/h3,6-7H,1-2,4-5,8H2,(H,16,17)(H,18,19). The number of carboxylic acids is 1. The van der Waals surface area contributed by atoms with E-state index >= 15 is 0 Å². The van der Waals surface area contributed by atoms with Crippen LogP contribution in [0, 0.1) is 11.4 Å².